The molecule has 0 aliphatic carbocycles. The minimum Gasteiger partial charge on any atom is -0.507 e. The van der Waals surface area contributed by atoms with Crippen LogP contribution in [0.1, 0.15) is 6.42 Å². The minimum atomic E-state index is -0.284. The summed E-state index contributed by atoms with van der Waals surface area (Å²) < 4.78 is 1.84. The molecule has 4 rings (SSSR count). The maximum atomic E-state index is 12.5. The summed E-state index contributed by atoms with van der Waals surface area (Å²) in [5.41, 5.74) is 12.3. The summed E-state index contributed by atoms with van der Waals surface area (Å²) in [6, 6.07) is 6.30. The van der Waals surface area contributed by atoms with E-state index in [4.69, 9.17) is 11.5 Å². The second-order valence-electron chi connectivity index (χ2n) is 6.49. The molecular formula is C19H21N5O3. The van der Waals surface area contributed by atoms with Gasteiger partial charge in [-0.15, -0.1) is 0 Å². The lowest BCUT2D eigenvalue weighted by Crippen LogP contribution is -2.11. The molecule has 0 unspecified atom stereocenters. The van der Waals surface area contributed by atoms with Crippen LogP contribution in [0.4, 0.5) is 0 Å². The third-order valence-electron chi connectivity index (χ3n) is 4.81. The first-order valence-electron chi connectivity index (χ1n) is 8.84. The number of nitrogens with one attached hydrogen (secondary N) is 1. The summed E-state index contributed by atoms with van der Waals surface area (Å²) in [4.78, 5) is 17.1. The standard InChI is InChI=1S/C19H21N5O3/c20-6-1-8-22-10-2-3-11-15-14(10)19(27)17-13(26)5-4-12(25)16(17)18(15)23-24(11)9-7-21/h2-5,23,26-27H,1,6-9,20-21H2. The molecule has 0 amide bonds. The van der Waals surface area contributed by atoms with Crippen LogP contribution in [0.2, 0.25) is 0 Å². The fraction of sp³-hybridized carbons (Fsp3) is 0.263. The van der Waals surface area contributed by atoms with Crippen molar-refractivity contribution in [3.63, 3.8) is 0 Å². The van der Waals surface area contributed by atoms with E-state index in [9.17, 15) is 15.0 Å². The number of hydrogen-bond donors (Lipinski definition) is 5. The van der Waals surface area contributed by atoms with E-state index >= 15 is 0 Å². The molecule has 27 heavy (non-hydrogen) atoms. The second kappa shape index (κ2) is 6.57. The highest BCUT2D eigenvalue weighted by atomic mass is 16.3. The highest BCUT2D eigenvalue weighted by molar-refractivity contribution is 6.23. The van der Waals surface area contributed by atoms with Gasteiger partial charge in [0.25, 0.3) is 0 Å². The molecule has 3 aromatic carbocycles. The average Bonchev–Trinajstić information content (AvgIpc) is 3.01. The van der Waals surface area contributed by atoms with Crippen molar-refractivity contribution in [1.82, 2.24) is 9.78 Å². The van der Waals surface area contributed by atoms with E-state index in [0.29, 0.717) is 47.8 Å². The van der Waals surface area contributed by atoms with Crippen molar-refractivity contribution in [1.29, 1.82) is 0 Å². The molecule has 0 aliphatic heterocycles. The first kappa shape index (κ1) is 17.3. The number of phenols is 2. The van der Waals surface area contributed by atoms with Gasteiger partial charge < -0.3 is 21.7 Å². The Bertz CT molecular complexity index is 1270. The Morgan fingerprint density at radius 2 is 1.81 bits per heavy atom. The summed E-state index contributed by atoms with van der Waals surface area (Å²) in [6.45, 7) is 1.96. The Morgan fingerprint density at radius 1 is 1.00 bits per heavy atom. The Labute approximate surface area is 153 Å². The van der Waals surface area contributed by atoms with E-state index in [1.54, 1.807) is 0 Å². The molecule has 4 aromatic rings. The monoisotopic (exact) mass is 367 g/mol. The Balaban J connectivity index is 2.26. The average molecular weight is 367 g/mol. The number of fused-ring (bicyclic) bond motifs is 2. The van der Waals surface area contributed by atoms with E-state index in [1.807, 2.05) is 16.8 Å². The number of nitrogens with zero attached hydrogens (tertiary/aromatic N) is 2. The topological polar surface area (TPSA) is 143 Å². The lowest BCUT2D eigenvalue weighted by atomic mass is 9.99. The van der Waals surface area contributed by atoms with Gasteiger partial charge in [0.1, 0.15) is 11.5 Å². The van der Waals surface area contributed by atoms with Crippen molar-refractivity contribution in [2.75, 3.05) is 19.6 Å². The van der Waals surface area contributed by atoms with Crippen LogP contribution in [0.15, 0.2) is 34.1 Å². The zero-order valence-electron chi connectivity index (χ0n) is 14.7. The van der Waals surface area contributed by atoms with Gasteiger partial charge in [0.05, 0.1) is 39.1 Å². The highest BCUT2D eigenvalue weighted by Gasteiger charge is 2.21. The van der Waals surface area contributed by atoms with Crippen LogP contribution in [-0.4, -0.2) is 39.6 Å². The van der Waals surface area contributed by atoms with Gasteiger partial charge in [-0.3, -0.25) is 19.6 Å². The lowest BCUT2D eigenvalue weighted by molar-refractivity contribution is 0.467. The van der Waals surface area contributed by atoms with Gasteiger partial charge in [-0.1, -0.05) is 0 Å². The van der Waals surface area contributed by atoms with Crippen molar-refractivity contribution in [3.8, 4) is 11.5 Å². The molecule has 0 atom stereocenters. The zero-order valence-corrected chi connectivity index (χ0v) is 14.7. The van der Waals surface area contributed by atoms with Gasteiger partial charge >= 0.3 is 0 Å². The number of H-pyrrole nitrogens is 1. The predicted octanol–water partition coefficient (Wildman–Crippen LogP) is 0.693. The molecular weight excluding hydrogens is 346 g/mol. The van der Waals surface area contributed by atoms with E-state index in [-0.39, 0.29) is 27.7 Å². The number of aromatic nitrogens is 2. The highest BCUT2D eigenvalue weighted by Crippen LogP contribution is 2.41. The van der Waals surface area contributed by atoms with Crippen molar-refractivity contribution < 1.29 is 10.2 Å². The number of hydrogen-bond acceptors (Lipinski definition) is 6. The quantitative estimate of drug-likeness (QED) is 0.260. The van der Waals surface area contributed by atoms with Gasteiger partial charge in [-0.2, -0.15) is 0 Å². The number of rotatable bonds is 5. The van der Waals surface area contributed by atoms with Gasteiger partial charge in [0.2, 0.25) is 0 Å². The molecule has 0 aliphatic rings. The summed E-state index contributed by atoms with van der Waals surface area (Å²) in [5, 5.41) is 26.7. The Hall–Kier alpha value is -3.10. The van der Waals surface area contributed by atoms with Crippen LogP contribution >= 0.6 is 0 Å². The Kier molecular flexibility index (Phi) is 4.21. The normalized spacial score (nSPS) is 12.7. The van der Waals surface area contributed by atoms with Crippen molar-refractivity contribution in [2.45, 2.75) is 13.0 Å². The van der Waals surface area contributed by atoms with E-state index < -0.39 is 0 Å². The molecule has 140 valence electrons. The van der Waals surface area contributed by atoms with Gasteiger partial charge in [0.15, 0.2) is 5.43 Å². The molecule has 0 fully saturated rings. The van der Waals surface area contributed by atoms with Crippen LogP contribution < -0.4 is 22.3 Å². The smallest absolute Gasteiger partial charge is 0.189 e. The van der Waals surface area contributed by atoms with Gasteiger partial charge in [-0.25, -0.2) is 0 Å². The van der Waals surface area contributed by atoms with Crippen molar-refractivity contribution in [3.05, 3.63) is 39.8 Å². The number of aromatic amines is 1. The zero-order chi connectivity index (χ0) is 19.1. The molecule has 0 saturated heterocycles. The Morgan fingerprint density at radius 3 is 2.56 bits per heavy atom. The molecule has 1 aromatic heterocycles. The first-order chi connectivity index (χ1) is 13.1. The summed E-state index contributed by atoms with van der Waals surface area (Å²) >= 11 is 0. The molecule has 0 saturated carbocycles. The number of benzene rings is 3. The lowest BCUT2D eigenvalue weighted by Gasteiger charge is -2.08. The number of aromatic hydroxyl groups is 2. The summed E-state index contributed by atoms with van der Waals surface area (Å²) in [7, 11) is 0. The van der Waals surface area contributed by atoms with Crippen LogP contribution in [0.5, 0.6) is 11.5 Å². The van der Waals surface area contributed by atoms with Crippen LogP contribution in [0, 0.1) is 0 Å². The van der Waals surface area contributed by atoms with Crippen LogP contribution in [0.25, 0.3) is 32.6 Å². The maximum absolute atomic E-state index is 12.5. The van der Waals surface area contributed by atoms with E-state index in [2.05, 4.69) is 10.1 Å². The molecule has 0 bridgehead atoms. The molecule has 8 nitrogen and oxygen atoms in total. The summed E-state index contributed by atoms with van der Waals surface area (Å²) in [6.07, 6.45) is 0.720. The SMILES string of the molecule is NCCCN=c1ccc2c3c1c(O)c1c(O)ccc(=O)c1c3[nH]n2CCN. The molecule has 8 heteroatoms. The fourth-order valence-corrected chi connectivity index (χ4v) is 3.64. The number of phenolic OH excluding ortho intramolecular Hbond substituents is 2. The predicted molar refractivity (Wildman–Crippen MR) is 105 cm³/mol. The second-order valence-corrected chi connectivity index (χ2v) is 6.49. The van der Waals surface area contributed by atoms with Crippen molar-refractivity contribution >= 4 is 32.6 Å². The first-order valence-corrected chi connectivity index (χ1v) is 8.84. The third-order valence-corrected chi connectivity index (χ3v) is 4.81. The summed E-state index contributed by atoms with van der Waals surface area (Å²) in [5.74, 6) is -0.304. The molecule has 0 spiro atoms. The van der Waals surface area contributed by atoms with Crippen molar-refractivity contribution in [2.24, 2.45) is 16.5 Å². The van der Waals surface area contributed by atoms with Crippen LogP contribution in [0.3, 0.4) is 0 Å². The maximum Gasteiger partial charge on any atom is 0.189 e. The fourth-order valence-electron chi connectivity index (χ4n) is 3.64. The van der Waals surface area contributed by atoms with Gasteiger partial charge in [-0.05, 0) is 37.2 Å². The largest absolute Gasteiger partial charge is 0.507 e. The van der Waals surface area contributed by atoms with Gasteiger partial charge in [0, 0.05) is 18.5 Å². The van der Waals surface area contributed by atoms with E-state index in [0.717, 1.165) is 11.9 Å². The molecule has 7 N–H and O–H groups in total. The third kappa shape index (κ3) is 2.53. The van der Waals surface area contributed by atoms with Crippen LogP contribution in [-0.2, 0) is 6.54 Å². The molecule has 1 heterocycles. The minimum absolute atomic E-state index is 0.125. The van der Waals surface area contributed by atoms with E-state index in [1.165, 1.54) is 12.1 Å². The molecule has 0 radical (unpaired) electrons. The number of nitrogens with two attached hydrogens (primary N) is 2.